The summed E-state index contributed by atoms with van der Waals surface area (Å²) in [5.41, 5.74) is 0.801. The van der Waals surface area contributed by atoms with Gasteiger partial charge in [0, 0.05) is 10.6 Å². The second-order valence-corrected chi connectivity index (χ2v) is 6.10. The minimum atomic E-state index is -0.00807. The van der Waals surface area contributed by atoms with Gasteiger partial charge in [0.15, 0.2) is 5.16 Å². The van der Waals surface area contributed by atoms with Crippen molar-refractivity contribution in [3.63, 3.8) is 0 Å². The number of amides is 1. The minimum absolute atomic E-state index is 0.00807. The number of aromatic nitrogens is 3. The Morgan fingerprint density at radius 3 is 2.81 bits per heavy atom. The molecule has 0 saturated heterocycles. The summed E-state index contributed by atoms with van der Waals surface area (Å²) in [6, 6.07) is 7.66. The third kappa shape index (κ3) is 4.57. The molecular formula is C14H17N5OS. The number of H-pyrrole nitrogens is 1. The Labute approximate surface area is 127 Å². The first-order valence-electron chi connectivity index (χ1n) is 6.93. The molecule has 1 amide bonds. The molecule has 0 atom stereocenters. The van der Waals surface area contributed by atoms with Crippen LogP contribution < -0.4 is 10.6 Å². The first kappa shape index (κ1) is 14.1. The van der Waals surface area contributed by atoms with E-state index in [0.29, 0.717) is 6.54 Å². The average molecular weight is 303 g/mol. The zero-order valence-corrected chi connectivity index (χ0v) is 12.3. The first-order chi connectivity index (χ1) is 10.3. The van der Waals surface area contributed by atoms with Crippen LogP contribution in [0.15, 0.2) is 40.6 Å². The Morgan fingerprint density at radius 2 is 2.14 bits per heavy atom. The van der Waals surface area contributed by atoms with E-state index in [-0.39, 0.29) is 5.91 Å². The number of hydrogen-bond donors (Lipinski definition) is 3. The molecule has 1 aliphatic carbocycles. The van der Waals surface area contributed by atoms with Gasteiger partial charge in [0.2, 0.25) is 5.91 Å². The van der Waals surface area contributed by atoms with E-state index < -0.39 is 0 Å². The zero-order chi connectivity index (χ0) is 14.5. The van der Waals surface area contributed by atoms with E-state index in [9.17, 15) is 4.79 Å². The van der Waals surface area contributed by atoms with Crippen molar-refractivity contribution in [2.24, 2.45) is 5.92 Å². The number of rotatable bonds is 7. The van der Waals surface area contributed by atoms with Crippen molar-refractivity contribution in [3.05, 3.63) is 30.6 Å². The summed E-state index contributed by atoms with van der Waals surface area (Å²) in [7, 11) is 0. The van der Waals surface area contributed by atoms with E-state index in [1.54, 1.807) is 0 Å². The lowest BCUT2D eigenvalue weighted by Crippen LogP contribution is -2.29. The fourth-order valence-electron chi connectivity index (χ4n) is 1.88. The number of anilines is 1. The van der Waals surface area contributed by atoms with Crippen molar-refractivity contribution in [2.45, 2.75) is 22.9 Å². The maximum Gasteiger partial charge on any atom is 0.238 e. The molecule has 3 N–H and O–H groups in total. The van der Waals surface area contributed by atoms with E-state index in [1.807, 2.05) is 24.3 Å². The lowest BCUT2D eigenvalue weighted by molar-refractivity contribution is -0.115. The van der Waals surface area contributed by atoms with Gasteiger partial charge in [-0.1, -0.05) is 11.8 Å². The molecule has 1 aromatic heterocycles. The Kier molecular flexibility index (Phi) is 4.52. The van der Waals surface area contributed by atoms with Gasteiger partial charge in [0.1, 0.15) is 6.33 Å². The molecule has 6 nitrogen and oxygen atoms in total. The van der Waals surface area contributed by atoms with E-state index >= 15 is 0 Å². The van der Waals surface area contributed by atoms with Gasteiger partial charge in [-0.15, -0.1) is 0 Å². The summed E-state index contributed by atoms with van der Waals surface area (Å²) >= 11 is 1.49. The predicted octanol–water partition coefficient (Wildman–Crippen LogP) is 1.89. The topological polar surface area (TPSA) is 82.7 Å². The van der Waals surface area contributed by atoms with Gasteiger partial charge in [-0.2, -0.15) is 5.10 Å². The van der Waals surface area contributed by atoms with Gasteiger partial charge in [0.05, 0.1) is 6.54 Å². The van der Waals surface area contributed by atoms with Crippen molar-refractivity contribution in [2.75, 3.05) is 18.4 Å². The predicted molar refractivity (Wildman–Crippen MR) is 81.2 cm³/mol. The lowest BCUT2D eigenvalue weighted by Gasteiger charge is -2.07. The van der Waals surface area contributed by atoms with Gasteiger partial charge in [-0.25, -0.2) is 4.98 Å². The first-order valence-corrected chi connectivity index (χ1v) is 7.75. The molecule has 1 heterocycles. The third-order valence-corrected chi connectivity index (χ3v) is 4.06. The highest BCUT2D eigenvalue weighted by Gasteiger charge is 2.20. The second-order valence-electron chi connectivity index (χ2n) is 5.04. The van der Waals surface area contributed by atoms with Gasteiger partial charge < -0.3 is 10.6 Å². The van der Waals surface area contributed by atoms with Crippen molar-refractivity contribution in [3.8, 4) is 0 Å². The van der Waals surface area contributed by atoms with Crippen LogP contribution >= 0.6 is 11.8 Å². The Hall–Kier alpha value is -1.86. The number of nitrogens with one attached hydrogen (secondary N) is 3. The molecule has 7 heteroatoms. The van der Waals surface area contributed by atoms with Crippen LogP contribution in [0.5, 0.6) is 0 Å². The molecule has 0 spiro atoms. The summed E-state index contributed by atoms with van der Waals surface area (Å²) in [6.45, 7) is 1.31. The molecule has 1 saturated carbocycles. The molecule has 1 aromatic carbocycles. The Morgan fingerprint density at radius 1 is 1.33 bits per heavy atom. The van der Waals surface area contributed by atoms with Crippen molar-refractivity contribution >= 4 is 23.4 Å². The van der Waals surface area contributed by atoms with Gasteiger partial charge in [-0.05, 0) is 49.6 Å². The van der Waals surface area contributed by atoms with Crippen LogP contribution in [-0.4, -0.2) is 34.2 Å². The summed E-state index contributed by atoms with van der Waals surface area (Å²) in [5, 5.41) is 13.4. The summed E-state index contributed by atoms with van der Waals surface area (Å²) in [4.78, 5) is 16.8. The summed E-state index contributed by atoms with van der Waals surface area (Å²) in [6.07, 6.45) is 4.06. The molecule has 0 radical (unpaired) electrons. The van der Waals surface area contributed by atoms with Crippen molar-refractivity contribution < 1.29 is 4.79 Å². The Bertz CT molecular complexity index is 580. The molecule has 3 rings (SSSR count). The van der Waals surface area contributed by atoms with Gasteiger partial charge in [0.25, 0.3) is 0 Å². The van der Waals surface area contributed by atoms with E-state index in [1.165, 1.54) is 30.9 Å². The minimum Gasteiger partial charge on any atom is -0.325 e. The number of carbonyl (C=O) groups is 1. The lowest BCUT2D eigenvalue weighted by atomic mass is 10.3. The zero-order valence-electron chi connectivity index (χ0n) is 11.5. The van der Waals surface area contributed by atoms with Crippen molar-refractivity contribution in [1.29, 1.82) is 0 Å². The quantitative estimate of drug-likeness (QED) is 0.727. The number of hydrogen-bond acceptors (Lipinski definition) is 5. The fraction of sp³-hybridized carbons (Fsp3) is 0.357. The summed E-state index contributed by atoms with van der Waals surface area (Å²) < 4.78 is 0. The SMILES string of the molecule is O=C(CNCC1CC1)Nc1ccc(Sc2ncn[nH]2)cc1. The van der Waals surface area contributed by atoms with Gasteiger partial charge >= 0.3 is 0 Å². The van der Waals surface area contributed by atoms with Crippen LogP contribution in [0.3, 0.4) is 0 Å². The Balaban J connectivity index is 1.45. The third-order valence-electron chi connectivity index (χ3n) is 3.16. The van der Waals surface area contributed by atoms with Crippen molar-refractivity contribution in [1.82, 2.24) is 20.5 Å². The number of aromatic amines is 1. The molecule has 1 fully saturated rings. The number of benzene rings is 1. The standard InChI is InChI=1S/C14H17N5OS/c20-13(8-15-7-10-1-2-10)18-11-3-5-12(6-4-11)21-14-16-9-17-19-14/h3-6,9-10,15H,1-2,7-8H2,(H,18,20)(H,16,17,19). The summed E-state index contributed by atoms with van der Waals surface area (Å²) in [5.74, 6) is 0.775. The molecule has 110 valence electrons. The highest BCUT2D eigenvalue weighted by atomic mass is 32.2. The van der Waals surface area contributed by atoms with Crippen LogP contribution in [-0.2, 0) is 4.79 Å². The smallest absolute Gasteiger partial charge is 0.238 e. The van der Waals surface area contributed by atoms with E-state index in [0.717, 1.165) is 28.2 Å². The van der Waals surface area contributed by atoms with Crippen LogP contribution in [0.4, 0.5) is 5.69 Å². The second kappa shape index (κ2) is 6.73. The molecular weight excluding hydrogens is 286 g/mol. The molecule has 21 heavy (non-hydrogen) atoms. The maximum atomic E-state index is 11.8. The van der Waals surface area contributed by atoms with E-state index in [2.05, 4.69) is 25.8 Å². The maximum absolute atomic E-state index is 11.8. The largest absolute Gasteiger partial charge is 0.325 e. The highest BCUT2D eigenvalue weighted by Crippen LogP contribution is 2.27. The highest BCUT2D eigenvalue weighted by molar-refractivity contribution is 7.99. The molecule has 1 aliphatic rings. The fourth-order valence-corrected chi connectivity index (χ4v) is 2.57. The van der Waals surface area contributed by atoms with E-state index in [4.69, 9.17) is 0 Å². The van der Waals surface area contributed by atoms with Crippen LogP contribution in [0, 0.1) is 5.92 Å². The molecule has 2 aromatic rings. The van der Waals surface area contributed by atoms with Crippen LogP contribution in [0.1, 0.15) is 12.8 Å². The normalized spacial score (nSPS) is 14.1. The number of carbonyl (C=O) groups excluding carboxylic acids is 1. The van der Waals surface area contributed by atoms with Crippen LogP contribution in [0.25, 0.3) is 0 Å². The van der Waals surface area contributed by atoms with Crippen LogP contribution in [0.2, 0.25) is 0 Å². The number of nitrogens with zero attached hydrogens (tertiary/aromatic N) is 2. The monoisotopic (exact) mass is 303 g/mol. The molecule has 0 bridgehead atoms. The molecule has 0 aliphatic heterocycles. The molecule has 0 unspecified atom stereocenters. The average Bonchev–Trinajstić information content (AvgIpc) is 3.16. The van der Waals surface area contributed by atoms with Gasteiger partial charge in [-0.3, -0.25) is 9.89 Å².